The summed E-state index contributed by atoms with van der Waals surface area (Å²) in [6.45, 7) is 3.40. The average molecular weight is 257 g/mol. The van der Waals surface area contributed by atoms with Gasteiger partial charge in [0.1, 0.15) is 17.6 Å². The van der Waals surface area contributed by atoms with Gasteiger partial charge in [0.15, 0.2) is 11.7 Å². The lowest BCUT2D eigenvalue weighted by Gasteiger charge is -1.96. The van der Waals surface area contributed by atoms with Crippen LogP contribution in [0, 0.1) is 13.8 Å². The normalized spacial score (nSPS) is 11.1. The standard InChI is InChI=1S/C14H11NO4/c1-7-14(19-8(2)15-7)13(17)11-6-18-12-4-3-9(16)5-10(11)12/h3-6,16H,1-2H3. The third-order valence-electron chi connectivity index (χ3n) is 2.91. The van der Waals surface area contributed by atoms with Gasteiger partial charge in [-0.25, -0.2) is 4.98 Å². The molecule has 0 bridgehead atoms. The zero-order valence-electron chi connectivity index (χ0n) is 10.4. The zero-order valence-corrected chi connectivity index (χ0v) is 10.4. The Balaban J connectivity index is 2.16. The molecule has 3 aromatic rings. The largest absolute Gasteiger partial charge is 0.508 e. The third kappa shape index (κ3) is 1.79. The number of benzene rings is 1. The van der Waals surface area contributed by atoms with Crippen LogP contribution in [0.15, 0.2) is 33.3 Å². The molecule has 0 aliphatic carbocycles. The summed E-state index contributed by atoms with van der Waals surface area (Å²) in [7, 11) is 0. The maximum absolute atomic E-state index is 12.4. The average Bonchev–Trinajstić information content (AvgIpc) is 2.91. The van der Waals surface area contributed by atoms with Crippen LogP contribution in [0.3, 0.4) is 0 Å². The number of oxazole rings is 1. The number of phenolic OH excluding ortho intramolecular Hbond substituents is 1. The van der Waals surface area contributed by atoms with Crippen LogP contribution in [-0.2, 0) is 0 Å². The molecule has 0 saturated heterocycles. The molecule has 0 atom stereocenters. The Hall–Kier alpha value is -2.56. The summed E-state index contributed by atoms with van der Waals surface area (Å²) in [6.07, 6.45) is 1.36. The Bertz CT molecular complexity index is 782. The predicted octanol–water partition coefficient (Wildman–Crippen LogP) is 2.97. The summed E-state index contributed by atoms with van der Waals surface area (Å²) >= 11 is 0. The highest BCUT2D eigenvalue weighted by atomic mass is 16.4. The molecule has 2 heterocycles. The van der Waals surface area contributed by atoms with Gasteiger partial charge in [-0.1, -0.05) is 0 Å². The van der Waals surface area contributed by atoms with Crippen molar-refractivity contribution in [2.45, 2.75) is 13.8 Å². The van der Waals surface area contributed by atoms with Gasteiger partial charge in [-0.3, -0.25) is 4.79 Å². The van der Waals surface area contributed by atoms with Gasteiger partial charge in [-0.05, 0) is 25.1 Å². The topological polar surface area (TPSA) is 76.5 Å². The fraction of sp³-hybridized carbons (Fsp3) is 0.143. The fourth-order valence-corrected chi connectivity index (χ4v) is 2.06. The van der Waals surface area contributed by atoms with Gasteiger partial charge in [0, 0.05) is 12.3 Å². The van der Waals surface area contributed by atoms with Crippen molar-refractivity contribution in [1.29, 1.82) is 0 Å². The summed E-state index contributed by atoms with van der Waals surface area (Å²) in [4.78, 5) is 16.5. The van der Waals surface area contributed by atoms with E-state index < -0.39 is 0 Å². The van der Waals surface area contributed by atoms with Crippen LogP contribution >= 0.6 is 0 Å². The predicted molar refractivity (Wildman–Crippen MR) is 67.3 cm³/mol. The minimum absolute atomic E-state index is 0.0772. The number of carbonyl (C=O) groups is 1. The van der Waals surface area contributed by atoms with Crippen molar-refractivity contribution >= 4 is 16.8 Å². The second-order valence-corrected chi connectivity index (χ2v) is 4.31. The van der Waals surface area contributed by atoms with E-state index in [0.29, 0.717) is 28.1 Å². The lowest BCUT2D eigenvalue weighted by atomic mass is 10.1. The molecule has 5 heteroatoms. The highest BCUT2D eigenvalue weighted by Gasteiger charge is 2.22. The van der Waals surface area contributed by atoms with Gasteiger partial charge < -0.3 is 13.9 Å². The van der Waals surface area contributed by atoms with Gasteiger partial charge in [-0.2, -0.15) is 0 Å². The summed E-state index contributed by atoms with van der Waals surface area (Å²) < 4.78 is 10.6. The number of aryl methyl sites for hydroxylation is 2. The number of hydrogen-bond donors (Lipinski definition) is 1. The molecule has 0 radical (unpaired) electrons. The summed E-state index contributed by atoms with van der Waals surface area (Å²) in [5.74, 6) is 0.413. The van der Waals surface area contributed by atoms with Gasteiger partial charge in [0.2, 0.25) is 5.78 Å². The Morgan fingerprint density at radius 1 is 1.32 bits per heavy atom. The van der Waals surface area contributed by atoms with Gasteiger partial charge in [0.25, 0.3) is 0 Å². The molecule has 96 valence electrons. The third-order valence-corrected chi connectivity index (χ3v) is 2.91. The van der Waals surface area contributed by atoms with E-state index in [1.807, 2.05) is 0 Å². The van der Waals surface area contributed by atoms with Gasteiger partial charge in [0.05, 0.1) is 11.3 Å². The van der Waals surface area contributed by atoms with Crippen molar-refractivity contribution in [1.82, 2.24) is 4.98 Å². The molecule has 1 N–H and O–H groups in total. The van der Waals surface area contributed by atoms with Crippen molar-refractivity contribution in [3.05, 3.63) is 47.4 Å². The number of rotatable bonds is 2. The Morgan fingerprint density at radius 2 is 2.11 bits per heavy atom. The number of phenols is 1. The SMILES string of the molecule is Cc1nc(C)c(C(=O)c2coc3ccc(O)cc23)o1. The number of furan rings is 1. The van der Waals surface area contributed by atoms with Crippen molar-refractivity contribution in [2.75, 3.05) is 0 Å². The lowest BCUT2D eigenvalue weighted by Crippen LogP contribution is -2.00. The van der Waals surface area contributed by atoms with E-state index in [2.05, 4.69) is 4.98 Å². The molecule has 2 aromatic heterocycles. The first-order valence-corrected chi connectivity index (χ1v) is 5.75. The first-order valence-electron chi connectivity index (χ1n) is 5.75. The van der Waals surface area contributed by atoms with Crippen molar-refractivity contribution < 1.29 is 18.7 Å². The number of nitrogens with zero attached hydrogens (tertiary/aromatic N) is 1. The molecular formula is C14H11NO4. The molecule has 1 aromatic carbocycles. The van der Waals surface area contributed by atoms with Gasteiger partial charge in [-0.15, -0.1) is 0 Å². The molecule has 19 heavy (non-hydrogen) atoms. The maximum Gasteiger partial charge on any atom is 0.234 e. The number of aromatic nitrogens is 1. The van der Waals surface area contributed by atoms with E-state index in [-0.39, 0.29) is 17.3 Å². The van der Waals surface area contributed by atoms with E-state index in [9.17, 15) is 9.90 Å². The molecule has 0 aliphatic heterocycles. The number of aromatic hydroxyl groups is 1. The highest BCUT2D eigenvalue weighted by molar-refractivity contribution is 6.15. The molecule has 0 aliphatic rings. The van der Waals surface area contributed by atoms with E-state index in [1.54, 1.807) is 19.9 Å². The van der Waals surface area contributed by atoms with Crippen LogP contribution in [0.2, 0.25) is 0 Å². The van der Waals surface area contributed by atoms with Crippen LogP contribution in [0.5, 0.6) is 5.75 Å². The quantitative estimate of drug-likeness (QED) is 0.714. The van der Waals surface area contributed by atoms with Crippen molar-refractivity contribution in [3.63, 3.8) is 0 Å². The smallest absolute Gasteiger partial charge is 0.234 e. The monoisotopic (exact) mass is 257 g/mol. The van der Waals surface area contributed by atoms with Crippen LogP contribution in [0.4, 0.5) is 0 Å². The number of carbonyl (C=O) groups excluding carboxylic acids is 1. The van der Waals surface area contributed by atoms with Crippen LogP contribution in [0.1, 0.15) is 27.7 Å². The fourth-order valence-electron chi connectivity index (χ4n) is 2.06. The molecule has 0 saturated carbocycles. The molecule has 3 rings (SSSR count). The van der Waals surface area contributed by atoms with E-state index >= 15 is 0 Å². The van der Waals surface area contributed by atoms with Crippen LogP contribution in [0.25, 0.3) is 11.0 Å². The lowest BCUT2D eigenvalue weighted by molar-refractivity contribution is 0.101. The summed E-state index contributed by atoms with van der Waals surface area (Å²) in [5.41, 5.74) is 1.43. The molecule has 0 fully saturated rings. The highest BCUT2D eigenvalue weighted by Crippen LogP contribution is 2.27. The zero-order chi connectivity index (χ0) is 13.6. The second kappa shape index (κ2) is 3.98. The van der Waals surface area contributed by atoms with Crippen molar-refractivity contribution in [2.24, 2.45) is 0 Å². The number of fused-ring (bicyclic) bond motifs is 1. The number of ketones is 1. The van der Waals surface area contributed by atoms with E-state index in [4.69, 9.17) is 8.83 Å². The van der Waals surface area contributed by atoms with Crippen LogP contribution < -0.4 is 0 Å². The first kappa shape index (κ1) is 11.5. The molecule has 0 unspecified atom stereocenters. The summed E-state index contributed by atoms with van der Waals surface area (Å²) in [5, 5.41) is 10.0. The molecule has 0 amide bonds. The number of hydrogen-bond acceptors (Lipinski definition) is 5. The maximum atomic E-state index is 12.4. The molecule has 0 spiro atoms. The Kier molecular flexibility index (Phi) is 2.41. The minimum Gasteiger partial charge on any atom is -0.508 e. The van der Waals surface area contributed by atoms with Crippen molar-refractivity contribution in [3.8, 4) is 5.75 Å². The minimum atomic E-state index is -0.303. The Morgan fingerprint density at radius 3 is 2.79 bits per heavy atom. The first-order chi connectivity index (χ1) is 9.06. The van der Waals surface area contributed by atoms with E-state index in [1.165, 1.54) is 18.4 Å². The van der Waals surface area contributed by atoms with E-state index in [0.717, 1.165) is 0 Å². The Labute approximate surface area is 108 Å². The molecular weight excluding hydrogens is 246 g/mol. The van der Waals surface area contributed by atoms with Gasteiger partial charge >= 0.3 is 0 Å². The summed E-state index contributed by atoms with van der Waals surface area (Å²) in [6, 6.07) is 4.61. The van der Waals surface area contributed by atoms with Crippen LogP contribution in [-0.4, -0.2) is 15.9 Å². The molecule has 5 nitrogen and oxygen atoms in total. The second-order valence-electron chi connectivity index (χ2n) is 4.31.